The third kappa shape index (κ3) is 3.85. The van der Waals surface area contributed by atoms with Crippen LogP contribution < -0.4 is 15.5 Å². The van der Waals surface area contributed by atoms with Crippen molar-refractivity contribution >= 4 is 46.8 Å². The van der Waals surface area contributed by atoms with Gasteiger partial charge in [0.1, 0.15) is 5.69 Å². The van der Waals surface area contributed by atoms with E-state index >= 15 is 0 Å². The number of rotatable bonds is 7. The van der Waals surface area contributed by atoms with Crippen molar-refractivity contribution in [1.29, 1.82) is 0 Å². The van der Waals surface area contributed by atoms with Gasteiger partial charge in [0.15, 0.2) is 5.13 Å². The minimum atomic E-state index is -0.414. The first-order valence-corrected chi connectivity index (χ1v) is 10.4. The minimum Gasteiger partial charge on any atom is -0.387 e. The van der Waals surface area contributed by atoms with Crippen molar-refractivity contribution in [1.82, 2.24) is 15.6 Å². The lowest BCUT2D eigenvalue weighted by atomic mass is 10.1. The summed E-state index contributed by atoms with van der Waals surface area (Å²) in [7, 11) is 1.69. The predicted molar refractivity (Wildman–Crippen MR) is 114 cm³/mol. The second kappa shape index (κ2) is 8.41. The summed E-state index contributed by atoms with van der Waals surface area (Å²) in [4.78, 5) is 35.9. The molecule has 28 heavy (non-hydrogen) atoms. The van der Waals surface area contributed by atoms with E-state index in [2.05, 4.69) is 33.9 Å². The van der Waals surface area contributed by atoms with Gasteiger partial charge in [-0.25, -0.2) is 4.98 Å². The molecule has 2 heterocycles. The van der Waals surface area contributed by atoms with Crippen LogP contribution in [-0.4, -0.2) is 36.8 Å². The van der Waals surface area contributed by atoms with E-state index in [-0.39, 0.29) is 11.6 Å². The Morgan fingerprint density at radius 1 is 1.46 bits per heavy atom. The van der Waals surface area contributed by atoms with Crippen molar-refractivity contribution in [3.63, 3.8) is 0 Å². The largest absolute Gasteiger partial charge is 0.387 e. The molecule has 0 radical (unpaired) electrons. The van der Waals surface area contributed by atoms with E-state index < -0.39 is 5.91 Å². The van der Waals surface area contributed by atoms with E-state index in [0.29, 0.717) is 28.6 Å². The summed E-state index contributed by atoms with van der Waals surface area (Å²) in [5, 5.41) is 7.64. The maximum atomic E-state index is 12.8. The smallest absolute Gasteiger partial charge is 0.275 e. The van der Waals surface area contributed by atoms with E-state index in [1.54, 1.807) is 29.1 Å². The molecule has 0 atom stereocenters. The van der Waals surface area contributed by atoms with Gasteiger partial charge in [0.25, 0.3) is 11.8 Å². The van der Waals surface area contributed by atoms with Crippen LogP contribution in [0.4, 0.5) is 5.13 Å². The first kappa shape index (κ1) is 19.8. The zero-order chi connectivity index (χ0) is 20.3. The van der Waals surface area contributed by atoms with E-state index in [4.69, 9.17) is 0 Å². The van der Waals surface area contributed by atoms with Crippen LogP contribution in [0.5, 0.6) is 0 Å². The monoisotopic (exact) mass is 413 g/mol. The Morgan fingerprint density at radius 2 is 2.25 bits per heavy atom. The van der Waals surface area contributed by atoms with Crippen LogP contribution in [0.3, 0.4) is 0 Å². The van der Waals surface area contributed by atoms with E-state index in [0.717, 1.165) is 10.5 Å². The number of aromatic nitrogens is 1. The van der Waals surface area contributed by atoms with Crippen LogP contribution in [0, 0.1) is 0 Å². The Bertz CT molecular complexity index is 996. The van der Waals surface area contributed by atoms with Gasteiger partial charge < -0.3 is 10.6 Å². The lowest BCUT2D eigenvalue weighted by Crippen LogP contribution is -2.27. The number of hydrogen-bond acceptors (Lipinski definition) is 7. The standard InChI is InChI=1S/C19H19N5O2S2/c1-11(21-3)15(8-20-2)22-17(25)16-10-28-19(23-16)24-9-12-5-6-13(27-4)7-14(12)18(24)26/h5-8,10,21H,1-2,9H2,3-4H3,(H,22,25)/b15-8+. The fraction of sp³-hybridized carbons (Fsp3) is 0.158. The lowest BCUT2D eigenvalue weighted by molar-refractivity contribution is 0.0958. The molecule has 0 aliphatic carbocycles. The number of nitrogens with one attached hydrogen (secondary N) is 2. The summed E-state index contributed by atoms with van der Waals surface area (Å²) in [5.74, 6) is -0.519. The van der Waals surface area contributed by atoms with Crippen LogP contribution in [-0.2, 0) is 6.54 Å². The van der Waals surface area contributed by atoms with Gasteiger partial charge in [-0.05, 0) is 30.7 Å². The number of amides is 2. The summed E-state index contributed by atoms with van der Waals surface area (Å²) in [6, 6.07) is 5.85. The summed E-state index contributed by atoms with van der Waals surface area (Å²) in [6.45, 7) is 7.63. The first-order valence-electron chi connectivity index (χ1n) is 8.27. The number of fused-ring (bicyclic) bond motifs is 1. The van der Waals surface area contributed by atoms with Gasteiger partial charge >= 0.3 is 0 Å². The van der Waals surface area contributed by atoms with Crippen molar-refractivity contribution in [2.24, 2.45) is 4.99 Å². The highest BCUT2D eigenvalue weighted by atomic mass is 32.2. The molecule has 0 fully saturated rings. The van der Waals surface area contributed by atoms with Crippen LogP contribution in [0.25, 0.3) is 0 Å². The van der Waals surface area contributed by atoms with Crippen molar-refractivity contribution in [2.75, 3.05) is 18.2 Å². The van der Waals surface area contributed by atoms with Crippen LogP contribution in [0.15, 0.2) is 57.6 Å². The molecule has 0 unspecified atom stereocenters. The van der Waals surface area contributed by atoms with Crippen molar-refractivity contribution in [3.8, 4) is 0 Å². The second-order valence-electron chi connectivity index (χ2n) is 5.84. The highest BCUT2D eigenvalue weighted by Gasteiger charge is 2.31. The maximum Gasteiger partial charge on any atom is 0.275 e. The highest BCUT2D eigenvalue weighted by molar-refractivity contribution is 7.98. The van der Waals surface area contributed by atoms with Gasteiger partial charge in [-0.15, -0.1) is 23.1 Å². The van der Waals surface area contributed by atoms with E-state index in [1.807, 2.05) is 24.5 Å². The molecular weight excluding hydrogens is 394 g/mol. The van der Waals surface area contributed by atoms with Gasteiger partial charge in [-0.3, -0.25) is 19.5 Å². The predicted octanol–water partition coefficient (Wildman–Crippen LogP) is 3.03. The number of carbonyl (C=O) groups excluding carboxylic acids is 2. The Balaban J connectivity index is 1.78. The van der Waals surface area contributed by atoms with E-state index in [1.165, 1.54) is 17.5 Å². The number of aliphatic imine (C=N–C) groups is 1. The second-order valence-corrected chi connectivity index (χ2v) is 7.55. The zero-order valence-corrected chi connectivity index (χ0v) is 17.1. The normalized spacial score (nSPS) is 13.3. The number of carbonyl (C=O) groups is 2. The van der Waals surface area contributed by atoms with E-state index in [9.17, 15) is 9.59 Å². The van der Waals surface area contributed by atoms with Gasteiger partial charge in [0.05, 0.1) is 24.1 Å². The molecule has 0 spiro atoms. The SMILES string of the molecule is C=N/C=C(/NC(=O)c1csc(N2Cc3ccc(SC)cc3C2=O)n1)C(=C)NC. The number of nitrogens with zero attached hydrogens (tertiary/aromatic N) is 3. The molecule has 1 aromatic heterocycles. The summed E-state index contributed by atoms with van der Waals surface area (Å²) >= 11 is 2.84. The molecule has 2 amide bonds. The number of anilines is 1. The number of benzene rings is 1. The average molecular weight is 414 g/mol. The molecule has 0 bridgehead atoms. The van der Waals surface area contributed by atoms with Crippen molar-refractivity contribution < 1.29 is 9.59 Å². The molecule has 7 nitrogen and oxygen atoms in total. The molecule has 1 aliphatic heterocycles. The van der Waals surface area contributed by atoms with Crippen molar-refractivity contribution in [2.45, 2.75) is 11.4 Å². The van der Waals surface area contributed by atoms with Gasteiger partial charge in [-0.1, -0.05) is 12.6 Å². The minimum absolute atomic E-state index is 0.104. The molecule has 2 aromatic rings. The molecule has 1 aliphatic rings. The highest BCUT2D eigenvalue weighted by Crippen LogP contribution is 2.32. The summed E-state index contributed by atoms with van der Waals surface area (Å²) in [5.41, 5.74) is 2.74. The molecular formula is C19H19N5O2S2. The van der Waals surface area contributed by atoms with Gasteiger partial charge in [0.2, 0.25) is 0 Å². The first-order chi connectivity index (χ1) is 13.5. The van der Waals surface area contributed by atoms with Gasteiger partial charge in [0, 0.05) is 22.9 Å². The molecule has 3 rings (SSSR count). The number of hydrogen-bond donors (Lipinski definition) is 2. The molecule has 0 saturated heterocycles. The Kier molecular flexibility index (Phi) is 5.96. The molecule has 144 valence electrons. The fourth-order valence-corrected chi connectivity index (χ4v) is 3.89. The Labute approximate surface area is 171 Å². The van der Waals surface area contributed by atoms with Crippen LogP contribution in [0.2, 0.25) is 0 Å². The summed E-state index contributed by atoms with van der Waals surface area (Å²) < 4.78 is 0. The fourth-order valence-electron chi connectivity index (χ4n) is 2.65. The van der Waals surface area contributed by atoms with Crippen LogP contribution >= 0.6 is 23.1 Å². The third-order valence-corrected chi connectivity index (χ3v) is 5.76. The molecule has 2 N–H and O–H groups in total. The molecule has 0 saturated carbocycles. The molecule has 9 heteroatoms. The molecule has 1 aromatic carbocycles. The number of likely N-dealkylation sites (N-methyl/N-ethyl adjacent to an activating group) is 1. The third-order valence-electron chi connectivity index (χ3n) is 4.17. The number of thioether (sulfide) groups is 1. The Hall–Kier alpha value is -2.91. The topological polar surface area (TPSA) is 86.7 Å². The number of thiazole rings is 1. The Morgan fingerprint density at radius 3 is 2.93 bits per heavy atom. The maximum absolute atomic E-state index is 12.8. The van der Waals surface area contributed by atoms with Gasteiger partial charge in [-0.2, -0.15) is 0 Å². The quantitative estimate of drug-likeness (QED) is 0.414. The average Bonchev–Trinajstić information content (AvgIpc) is 3.31. The summed E-state index contributed by atoms with van der Waals surface area (Å²) in [6.07, 6.45) is 3.37. The van der Waals surface area contributed by atoms with Crippen LogP contribution in [0.1, 0.15) is 26.4 Å². The van der Waals surface area contributed by atoms with Crippen molar-refractivity contribution in [3.05, 3.63) is 64.6 Å². The lowest BCUT2D eigenvalue weighted by Gasteiger charge is -2.11. The zero-order valence-electron chi connectivity index (χ0n) is 15.5.